The van der Waals surface area contributed by atoms with Crippen LogP contribution in [-0.4, -0.2) is 61.1 Å². The molecule has 0 bridgehead atoms. The average Bonchev–Trinajstić information content (AvgIpc) is 3.62. The van der Waals surface area contributed by atoms with Crippen LogP contribution in [-0.2, 0) is 19.9 Å². The second-order valence-electron chi connectivity index (χ2n) is 15.3. The van der Waals surface area contributed by atoms with Crippen molar-refractivity contribution in [3.05, 3.63) is 83.1 Å². The lowest BCUT2D eigenvalue weighted by molar-refractivity contribution is -0.153. The van der Waals surface area contributed by atoms with Crippen LogP contribution in [0.5, 0.6) is 0 Å². The zero-order valence-electron chi connectivity index (χ0n) is 29.8. The van der Waals surface area contributed by atoms with Crippen LogP contribution < -0.4 is 5.73 Å². The van der Waals surface area contributed by atoms with Crippen molar-refractivity contribution < 1.29 is 40.7 Å². The monoisotopic (exact) mass is 777 g/mol. The summed E-state index contributed by atoms with van der Waals surface area (Å²) in [6.07, 6.45) is -2.35. The molecule has 2 aromatic heterocycles. The third-order valence-corrected chi connectivity index (χ3v) is 10.4. The lowest BCUT2D eigenvalue weighted by Gasteiger charge is -2.37. The molecular formula is C37H38ClF6N7O3. The number of ether oxygens (including phenoxy) is 1. The lowest BCUT2D eigenvalue weighted by atomic mass is 9.75. The lowest BCUT2D eigenvalue weighted by Crippen LogP contribution is -2.54. The van der Waals surface area contributed by atoms with Crippen LogP contribution in [0.2, 0.25) is 0 Å². The van der Waals surface area contributed by atoms with Gasteiger partial charge in [-0.1, -0.05) is 51.1 Å². The Morgan fingerprint density at radius 1 is 1.11 bits per heavy atom. The molecule has 2 aliphatic carbocycles. The zero-order valence-corrected chi connectivity index (χ0v) is 30.6. The number of fused-ring (bicyclic) bond motifs is 1. The normalized spacial score (nSPS) is 22.1. The highest BCUT2D eigenvalue weighted by Gasteiger charge is 2.60. The molecule has 54 heavy (non-hydrogen) atoms. The van der Waals surface area contributed by atoms with Gasteiger partial charge in [-0.2, -0.15) is 5.10 Å². The predicted octanol–water partition coefficient (Wildman–Crippen LogP) is 8.08. The van der Waals surface area contributed by atoms with Crippen molar-refractivity contribution in [2.75, 3.05) is 6.61 Å². The number of hydrogen-bond acceptors (Lipinski definition) is 8. The van der Waals surface area contributed by atoms with Gasteiger partial charge in [-0.25, -0.2) is 46.0 Å². The quantitative estimate of drug-likeness (QED) is 0.146. The molecule has 3 aliphatic rings. The van der Waals surface area contributed by atoms with Gasteiger partial charge in [0.05, 0.1) is 28.7 Å². The SMILES string of the molecule is C=C1C=C(Cl)C(n2ncnc2C(F)F)=CC1[C@@H](COC(=O)CC1(C(C)(F)F)CC1)N1C(=O)[C@@](CC(C)(C)C)(c2ccc3nc(C(F)F)ccc3c2)N=C1N. The van der Waals surface area contributed by atoms with E-state index in [1.807, 2.05) is 20.8 Å². The van der Waals surface area contributed by atoms with Gasteiger partial charge in [-0.3, -0.25) is 14.5 Å². The molecular weight excluding hydrogens is 740 g/mol. The van der Waals surface area contributed by atoms with E-state index in [4.69, 9.17) is 27.1 Å². The summed E-state index contributed by atoms with van der Waals surface area (Å²) in [5, 5.41) is 4.34. The summed E-state index contributed by atoms with van der Waals surface area (Å²) in [6, 6.07) is 6.07. The van der Waals surface area contributed by atoms with Gasteiger partial charge in [-0.15, -0.1) is 0 Å². The first-order valence-corrected chi connectivity index (χ1v) is 17.4. The van der Waals surface area contributed by atoms with E-state index in [1.54, 1.807) is 12.1 Å². The Bertz CT molecular complexity index is 2100. The zero-order chi connectivity index (χ0) is 39.5. The summed E-state index contributed by atoms with van der Waals surface area (Å²) < 4.78 is 90.0. The topological polar surface area (TPSA) is 129 Å². The molecule has 288 valence electrons. The van der Waals surface area contributed by atoms with Crippen LogP contribution >= 0.6 is 11.6 Å². The predicted molar refractivity (Wildman–Crippen MR) is 188 cm³/mol. The molecule has 0 spiro atoms. The van der Waals surface area contributed by atoms with E-state index in [2.05, 4.69) is 21.6 Å². The molecule has 1 saturated carbocycles. The van der Waals surface area contributed by atoms with Crippen molar-refractivity contribution in [3.8, 4) is 0 Å². The van der Waals surface area contributed by atoms with Gasteiger partial charge >= 0.3 is 5.97 Å². The number of rotatable bonds is 12. The second kappa shape index (κ2) is 13.8. The molecule has 3 heterocycles. The Balaban J connectivity index is 1.44. The highest BCUT2D eigenvalue weighted by Crippen LogP contribution is 2.59. The number of amides is 1. The van der Waals surface area contributed by atoms with Gasteiger partial charge in [0.15, 0.2) is 17.3 Å². The number of carbonyl (C=O) groups is 2. The van der Waals surface area contributed by atoms with E-state index in [1.165, 1.54) is 30.4 Å². The Morgan fingerprint density at radius 3 is 2.43 bits per heavy atom. The van der Waals surface area contributed by atoms with E-state index in [9.17, 15) is 31.1 Å². The van der Waals surface area contributed by atoms with Crippen molar-refractivity contribution in [3.63, 3.8) is 0 Å². The molecule has 1 unspecified atom stereocenters. The van der Waals surface area contributed by atoms with Crippen LogP contribution in [0.4, 0.5) is 26.3 Å². The van der Waals surface area contributed by atoms with Crippen molar-refractivity contribution in [1.29, 1.82) is 0 Å². The van der Waals surface area contributed by atoms with Gasteiger partial charge in [-0.05, 0) is 73.1 Å². The van der Waals surface area contributed by atoms with Crippen molar-refractivity contribution in [2.24, 2.45) is 27.5 Å². The molecule has 0 saturated heterocycles. The smallest absolute Gasteiger partial charge is 0.306 e. The maximum absolute atomic E-state index is 15.1. The number of nitrogens with zero attached hydrogens (tertiary/aromatic N) is 6. The highest BCUT2D eigenvalue weighted by molar-refractivity contribution is 6.36. The number of pyridine rings is 1. The fourth-order valence-corrected chi connectivity index (χ4v) is 7.47. The van der Waals surface area contributed by atoms with Crippen molar-refractivity contribution in [2.45, 2.75) is 83.7 Å². The van der Waals surface area contributed by atoms with E-state index in [0.717, 1.165) is 22.8 Å². The fourth-order valence-electron chi connectivity index (χ4n) is 7.18. The minimum atomic E-state index is -3.15. The van der Waals surface area contributed by atoms with Gasteiger partial charge in [0.1, 0.15) is 18.6 Å². The van der Waals surface area contributed by atoms with Crippen molar-refractivity contribution >= 4 is 46.0 Å². The summed E-state index contributed by atoms with van der Waals surface area (Å²) >= 11 is 6.52. The standard InChI is InChI=1S/C37H38ClF6N7O3/c1-19-12-23(38)26(51-31(30(41)42)46-18-47-51)14-22(19)27(16-54-28(52)15-36(10-11-36)35(5,43)44)50-32(53)37(49-33(50)45,17-34(2,3)4)21-7-9-24-20(13-21)6-8-25(48-24)29(39)40/h6-9,12-14,18,22,27,29-30H,1,10-11,15-17H2,2-5H3,(H2,45,49)/t22?,27-,37-/m1/s1. The summed E-state index contributed by atoms with van der Waals surface area (Å²) in [4.78, 5) is 41.8. The second-order valence-corrected chi connectivity index (χ2v) is 15.7. The number of aliphatic imine (C=N–C) groups is 1. The third-order valence-electron chi connectivity index (χ3n) is 10.1. The summed E-state index contributed by atoms with van der Waals surface area (Å²) in [7, 11) is 0. The van der Waals surface area contributed by atoms with Crippen LogP contribution in [0, 0.1) is 16.7 Å². The average molecular weight is 778 g/mol. The number of guanidine groups is 1. The summed E-state index contributed by atoms with van der Waals surface area (Å²) in [6.45, 7) is 9.89. The van der Waals surface area contributed by atoms with Crippen molar-refractivity contribution in [1.82, 2.24) is 24.6 Å². The first kappa shape index (κ1) is 39.0. The molecule has 3 aromatic rings. The number of alkyl halides is 6. The fraction of sp³-hybridized carbons (Fsp3) is 0.459. The Labute approximate surface area is 311 Å². The minimum Gasteiger partial charge on any atom is -0.463 e. The number of aromatic nitrogens is 4. The number of nitrogens with two attached hydrogens (primary N) is 1. The molecule has 3 atom stereocenters. The van der Waals surface area contributed by atoms with E-state index in [0.29, 0.717) is 10.9 Å². The molecule has 6 rings (SSSR count). The van der Waals surface area contributed by atoms with E-state index in [-0.39, 0.29) is 47.0 Å². The third kappa shape index (κ3) is 7.23. The molecule has 17 heteroatoms. The first-order valence-electron chi connectivity index (χ1n) is 17.0. The highest BCUT2D eigenvalue weighted by atomic mass is 35.5. The Hall–Kier alpha value is -4.73. The maximum Gasteiger partial charge on any atom is 0.306 e. The maximum atomic E-state index is 15.1. The number of benzene rings is 1. The molecule has 0 radical (unpaired) electrons. The van der Waals surface area contributed by atoms with Gasteiger partial charge in [0, 0.05) is 16.7 Å². The summed E-state index contributed by atoms with van der Waals surface area (Å²) in [5.74, 6) is -6.76. The minimum absolute atomic E-state index is 0.0310. The van der Waals surface area contributed by atoms with E-state index < -0.39 is 83.5 Å². The first-order chi connectivity index (χ1) is 25.2. The largest absolute Gasteiger partial charge is 0.463 e. The summed E-state index contributed by atoms with van der Waals surface area (Å²) in [5.41, 5.74) is 3.26. The van der Waals surface area contributed by atoms with Gasteiger partial charge in [0.2, 0.25) is 0 Å². The van der Waals surface area contributed by atoms with Crippen LogP contribution in [0.3, 0.4) is 0 Å². The molecule has 2 N–H and O–H groups in total. The van der Waals surface area contributed by atoms with E-state index >= 15 is 4.79 Å². The molecule has 1 amide bonds. The molecule has 10 nitrogen and oxygen atoms in total. The van der Waals surface area contributed by atoms with Gasteiger partial charge in [0.25, 0.3) is 24.7 Å². The number of halogens is 7. The van der Waals surface area contributed by atoms with Crippen LogP contribution in [0.1, 0.15) is 83.3 Å². The molecule has 1 fully saturated rings. The Kier molecular flexibility index (Phi) is 9.99. The Morgan fingerprint density at radius 2 is 1.81 bits per heavy atom. The van der Waals surface area contributed by atoms with Crippen LogP contribution in [0.25, 0.3) is 16.6 Å². The van der Waals surface area contributed by atoms with Gasteiger partial charge < -0.3 is 10.5 Å². The number of esters is 1. The number of hydrogen-bond donors (Lipinski definition) is 1. The number of carbonyl (C=O) groups excluding carboxylic acids is 2. The van der Waals surface area contributed by atoms with Crippen LogP contribution in [0.15, 0.2) is 71.0 Å². The molecule has 1 aliphatic heterocycles. The number of allylic oxidation sites excluding steroid dienone is 3. The molecule has 1 aromatic carbocycles.